The van der Waals surface area contributed by atoms with Gasteiger partial charge in [-0.15, -0.1) is 0 Å². The molecule has 0 spiro atoms. The SMILES string of the molecule is O=C(O)Cc1c(-c2ccccc2)[nH]c2nccnc12. The van der Waals surface area contributed by atoms with Gasteiger partial charge in [0.05, 0.1) is 12.1 Å². The molecule has 5 nitrogen and oxygen atoms in total. The van der Waals surface area contributed by atoms with Gasteiger partial charge in [0.15, 0.2) is 5.65 Å². The second-order valence-corrected chi connectivity index (χ2v) is 4.17. The Morgan fingerprint density at radius 1 is 1.16 bits per heavy atom. The second-order valence-electron chi connectivity index (χ2n) is 4.17. The van der Waals surface area contributed by atoms with Gasteiger partial charge in [-0.25, -0.2) is 4.98 Å². The van der Waals surface area contributed by atoms with Gasteiger partial charge in [0.2, 0.25) is 0 Å². The predicted molar refractivity (Wildman–Crippen MR) is 70.7 cm³/mol. The average Bonchev–Trinajstić information content (AvgIpc) is 2.78. The highest BCUT2D eigenvalue weighted by Crippen LogP contribution is 2.28. The Bertz CT molecular complexity index is 735. The van der Waals surface area contributed by atoms with Gasteiger partial charge in [-0.3, -0.25) is 9.78 Å². The number of H-pyrrole nitrogens is 1. The van der Waals surface area contributed by atoms with Crippen LogP contribution in [0.25, 0.3) is 22.4 Å². The van der Waals surface area contributed by atoms with E-state index >= 15 is 0 Å². The molecule has 0 radical (unpaired) electrons. The molecule has 0 saturated heterocycles. The van der Waals surface area contributed by atoms with Crippen LogP contribution in [0.4, 0.5) is 0 Å². The van der Waals surface area contributed by atoms with Crippen molar-refractivity contribution in [2.45, 2.75) is 6.42 Å². The lowest BCUT2D eigenvalue weighted by Crippen LogP contribution is -2.01. The van der Waals surface area contributed by atoms with Crippen molar-refractivity contribution in [1.29, 1.82) is 0 Å². The molecule has 94 valence electrons. The van der Waals surface area contributed by atoms with Crippen LogP contribution in [0.3, 0.4) is 0 Å². The molecular weight excluding hydrogens is 242 g/mol. The van der Waals surface area contributed by atoms with Gasteiger partial charge in [0.25, 0.3) is 0 Å². The van der Waals surface area contributed by atoms with Crippen molar-refractivity contribution in [2.75, 3.05) is 0 Å². The smallest absolute Gasteiger partial charge is 0.307 e. The fourth-order valence-electron chi connectivity index (χ4n) is 2.14. The first-order valence-electron chi connectivity index (χ1n) is 5.84. The zero-order chi connectivity index (χ0) is 13.2. The number of benzene rings is 1. The van der Waals surface area contributed by atoms with Crippen LogP contribution in [0.5, 0.6) is 0 Å². The van der Waals surface area contributed by atoms with Crippen LogP contribution in [0, 0.1) is 0 Å². The third-order valence-electron chi connectivity index (χ3n) is 2.92. The summed E-state index contributed by atoms with van der Waals surface area (Å²) < 4.78 is 0. The van der Waals surface area contributed by atoms with Crippen molar-refractivity contribution in [3.8, 4) is 11.3 Å². The van der Waals surface area contributed by atoms with E-state index in [1.807, 2.05) is 30.3 Å². The first-order chi connectivity index (χ1) is 9.25. The van der Waals surface area contributed by atoms with Crippen LogP contribution < -0.4 is 0 Å². The Hall–Kier alpha value is -2.69. The van der Waals surface area contributed by atoms with Gasteiger partial charge in [-0.2, -0.15) is 0 Å². The molecule has 0 saturated carbocycles. The zero-order valence-electron chi connectivity index (χ0n) is 10.00. The number of aromatic amines is 1. The predicted octanol–water partition coefficient (Wildman–Crippen LogP) is 2.25. The minimum atomic E-state index is -0.885. The molecule has 0 atom stereocenters. The topological polar surface area (TPSA) is 78.9 Å². The fourth-order valence-corrected chi connectivity index (χ4v) is 2.14. The molecule has 5 heteroatoms. The summed E-state index contributed by atoms with van der Waals surface area (Å²) in [6.45, 7) is 0. The molecule has 0 fully saturated rings. The van der Waals surface area contributed by atoms with Gasteiger partial charge in [0, 0.05) is 18.0 Å². The van der Waals surface area contributed by atoms with E-state index in [2.05, 4.69) is 15.0 Å². The van der Waals surface area contributed by atoms with Crippen LogP contribution >= 0.6 is 0 Å². The lowest BCUT2D eigenvalue weighted by molar-refractivity contribution is -0.136. The minimum Gasteiger partial charge on any atom is -0.481 e. The van der Waals surface area contributed by atoms with Crippen LogP contribution in [-0.2, 0) is 11.2 Å². The standard InChI is InChI=1S/C14H11N3O2/c18-11(19)8-10-12(9-4-2-1-3-5-9)17-14-13(10)15-6-7-16-14/h1-7H,8H2,(H,16,17)(H,18,19). The number of nitrogens with zero attached hydrogens (tertiary/aromatic N) is 2. The first kappa shape index (κ1) is 11.4. The van der Waals surface area contributed by atoms with Crippen LogP contribution in [-0.4, -0.2) is 26.0 Å². The summed E-state index contributed by atoms with van der Waals surface area (Å²) in [6.07, 6.45) is 3.07. The van der Waals surface area contributed by atoms with E-state index in [0.29, 0.717) is 16.7 Å². The largest absolute Gasteiger partial charge is 0.481 e. The quantitative estimate of drug-likeness (QED) is 0.750. The summed E-state index contributed by atoms with van der Waals surface area (Å²) in [4.78, 5) is 22.6. The van der Waals surface area contributed by atoms with Crippen LogP contribution in [0.15, 0.2) is 42.7 Å². The second kappa shape index (κ2) is 4.53. The van der Waals surface area contributed by atoms with Gasteiger partial charge < -0.3 is 10.1 Å². The molecular formula is C14H11N3O2. The number of aliphatic carboxylic acids is 1. The Morgan fingerprint density at radius 2 is 1.89 bits per heavy atom. The molecule has 2 aromatic heterocycles. The van der Waals surface area contributed by atoms with E-state index in [1.165, 1.54) is 0 Å². The van der Waals surface area contributed by atoms with Crippen molar-refractivity contribution in [2.24, 2.45) is 0 Å². The number of hydrogen-bond donors (Lipinski definition) is 2. The lowest BCUT2D eigenvalue weighted by atomic mass is 10.1. The molecule has 3 aromatic rings. The molecule has 2 heterocycles. The first-order valence-corrected chi connectivity index (χ1v) is 5.84. The van der Waals surface area contributed by atoms with Crippen molar-refractivity contribution < 1.29 is 9.90 Å². The van der Waals surface area contributed by atoms with Gasteiger partial charge >= 0.3 is 5.97 Å². The van der Waals surface area contributed by atoms with Crippen molar-refractivity contribution in [1.82, 2.24) is 15.0 Å². The number of carboxylic acid groups (broad SMARTS) is 1. The molecule has 3 rings (SSSR count). The zero-order valence-corrected chi connectivity index (χ0v) is 10.00. The van der Waals surface area contributed by atoms with Crippen molar-refractivity contribution >= 4 is 17.1 Å². The average molecular weight is 253 g/mol. The number of nitrogens with one attached hydrogen (secondary N) is 1. The monoisotopic (exact) mass is 253 g/mol. The summed E-state index contributed by atoms with van der Waals surface area (Å²) in [5.41, 5.74) is 3.59. The van der Waals surface area contributed by atoms with Gasteiger partial charge in [-0.05, 0) is 5.56 Å². The van der Waals surface area contributed by atoms with Crippen molar-refractivity contribution in [3.05, 3.63) is 48.3 Å². The summed E-state index contributed by atoms with van der Waals surface area (Å²) >= 11 is 0. The maximum atomic E-state index is 11.0. The summed E-state index contributed by atoms with van der Waals surface area (Å²) in [7, 11) is 0. The highest BCUT2D eigenvalue weighted by atomic mass is 16.4. The number of carbonyl (C=O) groups is 1. The van der Waals surface area contributed by atoms with Gasteiger partial charge in [-0.1, -0.05) is 30.3 Å². The summed E-state index contributed by atoms with van der Waals surface area (Å²) in [5, 5.41) is 9.05. The van der Waals surface area contributed by atoms with Crippen LogP contribution in [0.1, 0.15) is 5.56 Å². The molecule has 0 aliphatic carbocycles. The minimum absolute atomic E-state index is 0.0804. The summed E-state index contributed by atoms with van der Waals surface area (Å²) in [5.74, 6) is -0.885. The fraction of sp³-hybridized carbons (Fsp3) is 0.0714. The van der Waals surface area contributed by atoms with E-state index < -0.39 is 5.97 Å². The Balaban J connectivity index is 2.26. The van der Waals surface area contributed by atoms with E-state index in [0.717, 1.165) is 11.3 Å². The number of hydrogen-bond acceptors (Lipinski definition) is 3. The number of rotatable bonds is 3. The van der Waals surface area contributed by atoms with Gasteiger partial charge in [0.1, 0.15) is 5.52 Å². The lowest BCUT2D eigenvalue weighted by Gasteiger charge is -2.01. The summed E-state index contributed by atoms with van der Waals surface area (Å²) in [6, 6.07) is 9.59. The van der Waals surface area contributed by atoms with E-state index in [-0.39, 0.29) is 6.42 Å². The highest BCUT2D eigenvalue weighted by Gasteiger charge is 2.17. The van der Waals surface area contributed by atoms with E-state index in [4.69, 9.17) is 5.11 Å². The third-order valence-corrected chi connectivity index (χ3v) is 2.92. The number of aromatic nitrogens is 3. The molecule has 0 aliphatic heterocycles. The molecule has 0 unspecified atom stereocenters. The van der Waals surface area contributed by atoms with E-state index in [9.17, 15) is 4.79 Å². The molecule has 0 aliphatic rings. The van der Waals surface area contributed by atoms with E-state index in [1.54, 1.807) is 12.4 Å². The maximum absolute atomic E-state index is 11.0. The normalized spacial score (nSPS) is 10.7. The molecule has 0 amide bonds. The number of fused-ring (bicyclic) bond motifs is 1. The Kier molecular flexibility index (Phi) is 2.72. The highest BCUT2D eigenvalue weighted by molar-refractivity contribution is 5.89. The molecule has 0 bridgehead atoms. The molecule has 2 N–H and O–H groups in total. The maximum Gasteiger partial charge on any atom is 0.307 e. The van der Waals surface area contributed by atoms with Crippen molar-refractivity contribution in [3.63, 3.8) is 0 Å². The molecule has 19 heavy (non-hydrogen) atoms. The Labute approximate surface area is 109 Å². The van der Waals surface area contributed by atoms with Crippen LogP contribution in [0.2, 0.25) is 0 Å². The number of carboxylic acids is 1. The molecule has 1 aromatic carbocycles. The Morgan fingerprint density at radius 3 is 2.63 bits per heavy atom. The third kappa shape index (κ3) is 2.06.